The molecule has 0 saturated heterocycles. The lowest BCUT2D eigenvalue weighted by Crippen LogP contribution is -2.30. The second kappa shape index (κ2) is 11.1. The van der Waals surface area contributed by atoms with Crippen LogP contribution in [0.15, 0.2) is 42.5 Å². The zero-order chi connectivity index (χ0) is 22.1. The van der Waals surface area contributed by atoms with Gasteiger partial charge in [-0.2, -0.15) is 0 Å². The smallest absolute Gasteiger partial charge is 0.339 e. The van der Waals surface area contributed by atoms with Gasteiger partial charge in [-0.25, -0.2) is 4.79 Å². The van der Waals surface area contributed by atoms with Crippen LogP contribution in [0.1, 0.15) is 38.1 Å². The normalized spacial score (nSPS) is 11.5. The summed E-state index contributed by atoms with van der Waals surface area (Å²) in [5.74, 6) is 0.776. The molecular formula is C23H29NO6. The summed E-state index contributed by atoms with van der Waals surface area (Å²) >= 11 is 0. The van der Waals surface area contributed by atoms with E-state index in [4.69, 9.17) is 18.9 Å². The van der Waals surface area contributed by atoms with Crippen LogP contribution in [-0.2, 0) is 9.53 Å². The first-order chi connectivity index (χ1) is 14.3. The van der Waals surface area contributed by atoms with Gasteiger partial charge in [-0.15, -0.1) is 0 Å². The molecular weight excluding hydrogens is 386 g/mol. The van der Waals surface area contributed by atoms with E-state index in [-0.39, 0.29) is 5.56 Å². The average Bonchev–Trinajstić information content (AvgIpc) is 2.73. The number of carbonyl (C=O) groups is 2. The number of methoxy groups -OCH3 is 1. The summed E-state index contributed by atoms with van der Waals surface area (Å²) in [4.78, 5) is 25.0. The Labute approximate surface area is 177 Å². The molecule has 7 nitrogen and oxygen atoms in total. The van der Waals surface area contributed by atoms with Crippen LogP contribution in [-0.4, -0.2) is 38.3 Å². The topological polar surface area (TPSA) is 83.1 Å². The van der Waals surface area contributed by atoms with Gasteiger partial charge in [0.25, 0.3) is 5.91 Å². The van der Waals surface area contributed by atoms with Gasteiger partial charge >= 0.3 is 5.97 Å². The van der Waals surface area contributed by atoms with Crippen molar-refractivity contribution < 1.29 is 28.5 Å². The molecule has 162 valence electrons. The Balaban J connectivity index is 2.03. The zero-order valence-corrected chi connectivity index (χ0v) is 18.1. The number of hydrogen-bond acceptors (Lipinski definition) is 6. The molecule has 2 aromatic carbocycles. The molecule has 0 aliphatic heterocycles. The molecule has 2 rings (SSSR count). The van der Waals surface area contributed by atoms with Gasteiger partial charge in [0, 0.05) is 0 Å². The monoisotopic (exact) mass is 415 g/mol. The Morgan fingerprint density at radius 1 is 0.967 bits per heavy atom. The summed E-state index contributed by atoms with van der Waals surface area (Å²) in [5, 5.41) is 2.73. The maximum absolute atomic E-state index is 12.5. The molecule has 30 heavy (non-hydrogen) atoms. The van der Waals surface area contributed by atoms with Crippen LogP contribution in [0.5, 0.6) is 17.2 Å². The maximum atomic E-state index is 12.5. The molecule has 1 N–H and O–H groups in total. The van der Waals surface area contributed by atoms with Gasteiger partial charge in [-0.3, -0.25) is 4.79 Å². The molecule has 0 heterocycles. The van der Waals surface area contributed by atoms with Gasteiger partial charge in [0.1, 0.15) is 5.75 Å². The average molecular weight is 415 g/mol. The highest BCUT2D eigenvalue weighted by Gasteiger charge is 2.21. The van der Waals surface area contributed by atoms with Gasteiger partial charge in [0.2, 0.25) is 0 Å². The first kappa shape index (κ1) is 23.1. The first-order valence-electron chi connectivity index (χ1n) is 9.90. The van der Waals surface area contributed by atoms with E-state index < -0.39 is 18.0 Å². The van der Waals surface area contributed by atoms with Crippen molar-refractivity contribution in [3.63, 3.8) is 0 Å². The number of hydrogen-bond donors (Lipinski definition) is 1. The number of anilines is 1. The molecule has 1 atom stereocenters. The summed E-state index contributed by atoms with van der Waals surface area (Å²) in [6, 6.07) is 11.8. The number of rotatable bonds is 10. The Morgan fingerprint density at radius 3 is 2.37 bits per heavy atom. The third kappa shape index (κ3) is 6.40. The van der Waals surface area contributed by atoms with Crippen LogP contribution >= 0.6 is 0 Å². The van der Waals surface area contributed by atoms with E-state index in [9.17, 15) is 9.59 Å². The molecule has 2 aromatic rings. The Hall–Kier alpha value is -3.22. The summed E-state index contributed by atoms with van der Waals surface area (Å²) in [7, 11) is 1.50. The highest BCUT2D eigenvalue weighted by Crippen LogP contribution is 2.29. The van der Waals surface area contributed by atoms with Gasteiger partial charge < -0.3 is 24.3 Å². The van der Waals surface area contributed by atoms with Crippen LogP contribution in [0.3, 0.4) is 0 Å². The number of amides is 1. The molecule has 0 saturated carbocycles. The standard InChI is InChI=1S/C23H29NO6/c1-6-28-19-10-8-7-9-18(19)24-22(25)16(4)30-23(26)17-11-12-20(21(13-17)27-5)29-14-15(2)3/h7-13,15-16H,6,14H2,1-5H3,(H,24,25)/t16-/m0/s1. The first-order valence-corrected chi connectivity index (χ1v) is 9.90. The predicted molar refractivity (Wildman–Crippen MR) is 114 cm³/mol. The number of ether oxygens (including phenoxy) is 4. The molecule has 0 aliphatic carbocycles. The summed E-state index contributed by atoms with van der Waals surface area (Å²) in [6.45, 7) is 8.44. The van der Waals surface area contributed by atoms with E-state index in [0.29, 0.717) is 42.1 Å². The second-order valence-electron chi connectivity index (χ2n) is 7.04. The molecule has 0 aliphatic rings. The van der Waals surface area contributed by atoms with E-state index in [1.807, 2.05) is 26.8 Å². The zero-order valence-electron chi connectivity index (χ0n) is 18.1. The molecule has 7 heteroatoms. The molecule has 0 bridgehead atoms. The third-order valence-electron chi connectivity index (χ3n) is 4.07. The fourth-order valence-electron chi connectivity index (χ4n) is 2.54. The van der Waals surface area contributed by atoms with Gasteiger partial charge in [-0.05, 0) is 50.1 Å². The Kier molecular flexibility index (Phi) is 8.53. The van der Waals surface area contributed by atoms with Crippen molar-refractivity contribution >= 4 is 17.6 Å². The van der Waals surface area contributed by atoms with Crippen molar-refractivity contribution in [1.82, 2.24) is 0 Å². The van der Waals surface area contributed by atoms with E-state index in [2.05, 4.69) is 5.32 Å². The van der Waals surface area contributed by atoms with Crippen molar-refractivity contribution in [2.24, 2.45) is 5.92 Å². The molecule has 0 unspecified atom stereocenters. The van der Waals surface area contributed by atoms with Crippen molar-refractivity contribution in [3.05, 3.63) is 48.0 Å². The van der Waals surface area contributed by atoms with Crippen LogP contribution in [0, 0.1) is 5.92 Å². The second-order valence-corrected chi connectivity index (χ2v) is 7.04. The lowest BCUT2D eigenvalue weighted by molar-refractivity contribution is -0.123. The molecule has 0 fully saturated rings. The Bertz CT molecular complexity index is 865. The predicted octanol–water partition coefficient (Wildman–Crippen LogP) is 4.31. The van der Waals surface area contributed by atoms with E-state index in [0.717, 1.165) is 0 Å². The number of para-hydroxylation sites is 2. The lowest BCUT2D eigenvalue weighted by atomic mass is 10.2. The highest BCUT2D eigenvalue weighted by molar-refractivity contribution is 5.98. The van der Waals surface area contributed by atoms with E-state index in [1.54, 1.807) is 30.3 Å². The third-order valence-corrected chi connectivity index (χ3v) is 4.07. The maximum Gasteiger partial charge on any atom is 0.339 e. The van der Waals surface area contributed by atoms with Gasteiger partial charge in [0.05, 0.1) is 31.6 Å². The van der Waals surface area contributed by atoms with Gasteiger partial charge in [0.15, 0.2) is 17.6 Å². The van der Waals surface area contributed by atoms with Crippen LogP contribution < -0.4 is 19.5 Å². The van der Waals surface area contributed by atoms with Crippen molar-refractivity contribution in [3.8, 4) is 17.2 Å². The molecule has 0 radical (unpaired) electrons. The quantitative estimate of drug-likeness (QED) is 0.582. The highest BCUT2D eigenvalue weighted by atomic mass is 16.5. The van der Waals surface area contributed by atoms with Crippen LogP contribution in [0.2, 0.25) is 0 Å². The van der Waals surface area contributed by atoms with Crippen molar-refractivity contribution in [2.75, 3.05) is 25.6 Å². The van der Waals surface area contributed by atoms with E-state index >= 15 is 0 Å². The lowest BCUT2D eigenvalue weighted by Gasteiger charge is -2.16. The number of esters is 1. The fourth-order valence-corrected chi connectivity index (χ4v) is 2.54. The molecule has 1 amide bonds. The minimum atomic E-state index is -1.00. The minimum absolute atomic E-state index is 0.262. The SMILES string of the molecule is CCOc1ccccc1NC(=O)[C@H](C)OC(=O)c1ccc(OCC(C)C)c(OC)c1. The number of benzene rings is 2. The van der Waals surface area contributed by atoms with Crippen molar-refractivity contribution in [1.29, 1.82) is 0 Å². The largest absolute Gasteiger partial charge is 0.493 e. The van der Waals surface area contributed by atoms with Gasteiger partial charge in [-0.1, -0.05) is 26.0 Å². The summed E-state index contributed by atoms with van der Waals surface area (Å²) < 4.78 is 21.8. The minimum Gasteiger partial charge on any atom is -0.493 e. The molecule has 0 aromatic heterocycles. The van der Waals surface area contributed by atoms with E-state index in [1.165, 1.54) is 20.1 Å². The number of carbonyl (C=O) groups excluding carboxylic acids is 2. The van der Waals surface area contributed by atoms with Crippen molar-refractivity contribution in [2.45, 2.75) is 33.8 Å². The summed E-state index contributed by atoms with van der Waals surface area (Å²) in [5.41, 5.74) is 0.777. The fraction of sp³-hybridized carbons (Fsp3) is 0.391. The van der Waals surface area contributed by atoms with Crippen LogP contribution in [0.25, 0.3) is 0 Å². The number of nitrogens with one attached hydrogen (secondary N) is 1. The molecule has 0 spiro atoms. The Morgan fingerprint density at radius 2 is 1.70 bits per heavy atom. The summed E-state index contributed by atoms with van der Waals surface area (Å²) in [6.07, 6.45) is -1.00. The van der Waals surface area contributed by atoms with Crippen LogP contribution in [0.4, 0.5) is 5.69 Å².